The number of nitrogens with one attached hydrogen (secondary N) is 1. The van der Waals surface area contributed by atoms with Crippen LogP contribution < -0.4 is 15.1 Å². The van der Waals surface area contributed by atoms with Crippen molar-refractivity contribution in [2.75, 3.05) is 37.6 Å². The number of nitriles is 1. The maximum Gasteiger partial charge on any atom is 0.164 e. The molecule has 0 aliphatic carbocycles. The first-order valence-electron chi connectivity index (χ1n) is 9.19. The van der Waals surface area contributed by atoms with Crippen LogP contribution in [0.15, 0.2) is 29.4 Å². The third-order valence-electron chi connectivity index (χ3n) is 4.36. The largest absolute Gasteiger partial charge is 0.496 e. The number of pyridine rings is 1. The van der Waals surface area contributed by atoms with Crippen LogP contribution in [0.2, 0.25) is 0 Å². The average molecular weight is 381 g/mol. The van der Waals surface area contributed by atoms with Gasteiger partial charge in [0.15, 0.2) is 5.82 Å². The van der Waals surface area contributed by atoms with E-state index in [1.54, 1.807) is 20.4 Å². The van der Waals surface area contributed by atoms with Crippen LogP contribution in [0.5, 0.6) is 5.75 Å². The lowest BCUT2D eigenvalue weighted by molar-refractivity contribution is 0.184. The van der Waals surface area contributed by atoms with Gasteiger partial charge in [-0.25, -0.2) is 4.98 Å². The van der Waals surface area contributed by atoms with Crippen LogP contribution >= 0.6 is 0 Å². The van der Waals surface area contributed by atoms with E-state index in [0.29, 0.717) is 18.0 Å². The minimum Gasteiger partial charge on any atom is -0.496 e. The van der Waals surface area contributed by atoms with E-state index in [2.05, 4.69) is 40.3 Å². The Morgan fingerprint density at radius 3 is 2.61 bits per heavy atom. The molecule has 0 atom stereocenters. The minimum atomic E-state index is 0.339. The zero-order valence-electron chi connectivity index (χ0n) is 17.1. The van der Waals surface area contributed by atoms with Crippen molar-refractivity contribution in [3.05, 3.63) is 46.6 Å². The van der Waals surface area contributed by atoms with Gasteiger partial charge in [-0.15, -0.1) is 0 Å². The number of hydrazone groups is 1. The highest BCUT2D eigenvalue weighted by molar-refractivity contribution is 5.85. The Bertz CT molecular complexity index is 870. The molecule has 1 heterocycles. The summed E-state index contributed by atoms with van der Waals surface area (Å²) in [7, 11) is 3.23. The van der Waals surface area contributed by atoms with Crippen LogP contribution in [0.25, 0.3) is 0 Å². The lowest BCUT2D eigenvalue weighted by atomic mass is 10.1. The molecule has 0 aliphatic heterocycles. The van der Waals surface area contributed by atoms with E-state index in [9.17, 15) is 5.26 Å². The molecule has 1 N–H and O–H groups in total. The summed E-state index contributed by atoms with van der Waals surface area (Å²) >= 11 is 0. The van der Waals surface area contributed by atoms with E-state index in [4.69, 9.17) is 9.47 Å². The average Bonchev–Trinajstić information content (AvgIpc) is 2.69. The van der Waals surface area contributed by atoms with Crippen LogP contribution in [-0.2, 0) is 11.3 Å². The Balaban J connectivity index is 2.27. The molecule has 0 radical (unpaired) electrons. The fourth-order valence-electron chi connectivity index (χ4n) is 2.97. The van der Waals surface area contributed by atoms with Crippen molar-refractivity contribution in [1.29, 1.82) is 5.26 Å². The number of aromatic nitrogens is 1. The van der Waals surface area contributed by atoms with Gasteiger partial charge in [-0.3, -0.25) is 5.43 Å². The summed E-state index contributed by atoms with van der Waals surface area (Å²) < 4.78 is 10.7. The minimum absolute atomic E-state index is 0.339. The fraction of sp³-hybridized carbons (Fsp3) is 0.381. The number of nitrogens with zero attached hydrogens (tertiary/aromatic N) is 4. The topological polar surface area (TPSA) is 82.8 Å². The van der Waals surface area contributed by atoms with Crippen LogP contribution in [0.4, 0.5) is 11.5 Å². The Labute approximate surface area is 166 Å². The van der Waals surface area contributed by atoms with Crippen molar-refractivity contribution in [2.45, 2.75) is 27.4 Å². The summed E-state index contributed by atoms with van der Waals surface area (Å²) in [4.78, 5) is 6.62. The highest BCUT2D eigenvalue weighted by Gasteiger charge is 2.11. The summed E-state index contributed by atoms with van der Waals surface area (Å²) in [5.74, 6) is 1.14. The molecule has 1 aromatic carbocycles. The van der Waals surface area contributed by atoms with Crippen LogP contribution in [0.3, 0.4) is 0 Å². The zero-order valence-corrected chi connectivity index (χ0v) is 17.1. The van der Waals surface area contributed by atoms with Gasteiger partial charge < -0.3 is 14.4 Å². The maximum atomic E-state index is 9.48. The predicted octanol–water partition coefficient (Wildman–Crippen LogP) is 3.71. The molecule has 7 heteroatoms. The Kier molecular flexibility index (Phi) is 7.78. The molecule has 0 spiro atoms. The van der Waals surface area contributed by atoms with Crippen LogP contribution in [-0.4, -0.2) is 38.5 Å². The van der Waals surface area contributed by atoms with E-state index in [1.165, 1.54) is 0 Å². The van der Waals surface area contributed by atoms with E-state index in [-0.39, 0.29) is 0 Å². The van der Waals surface area contributed by atoms with Crippen molar-refractivity contribution in [3.63, 3.8) is 0 Å². The van der Waals surface area contributed by atoms with Crippen LogP contribution in [0, 0.1) is 18.3 Å². The molecule has 0 saturated carbocycles. The molecule has 7 nitrogen and oxygen atoms in total. The number of hydrogen-bond acceptors (Lipinski definition) is 7. The summed E-state index contributed by atoms with van der Waals surface area (Å²) in [6.45, 7) is 8.29. The molecular formula is C21H27N5O2. The molecule has 148 valence electrons. The summed E-state index contributed by atoms with van der Waals surface area (Å²) in [6.07, 6.45) is 1.66. The van der Waals surface area contributed by atoms with Gasteiger partial charge in [-0.1, -0.05) is 0 Å². The predicted molar refractivity (Wildman–Crippen MR) is 112 cm³/mol. The van der Waals surface area contributed by atoms with E-state index in [1.807, 2.05) is 31.2 Å². The van der Waals surface area contributed by atoms with Gasteiger partial charge in [0.25, 0.3) is 0 Å². The smallest absolute Gasteiger partial charge is 0.164 e. The van der Waals surface area contributed by atoms with Crippen molar-refractivity contribution in [3.8, 4) is 11.8 Å². The number of ether oxygens (including phenoxy) is 2. The lowest BCUT2D eigenvalue weighted by Crippen LogP contribution is -2.21. The van der Waals surface area contributed by atoms with E-state index in [0.717, 1.165) is 41.3 Å². The number of benzene rings is 1. The van der Waals surface area contributed by atoms with Gasteiger partial charge in [0.05, 0.1) is 19.9 Å². The Morgan fingerprint density at radius 1 is 1.25 bits per heavy atom. The number of methoxy groups -OCH3 is 2. The molecule has 28 heavy (non-hydrogen) atoms. The van der Waals surface area contributed by atoms with Crippen molar-refractivity contribution >= 4 is 17.7 Å². The van der Waals surface area contributed by atoms with Crippen LogP contribution in [0.1, 0.15) is 36.2 Å². The molecule has 0 fully saturated rings. The third-order valence-corrected chi connectivity index (χ3v) is 4.36. The third kappa shape index (κ3) is 4.99. The highest BCUT2D eigenvalue weighted by Crippen LogP contribution is 2.25. The van der Waals surface area contributed by atoms with Gasteiger partial charge in [-0.2, -0.15) is 10.4 Å². The first kappa shape index (κ1) is 21.2. The first-order valence-corrected chi connectivity index (χ1v) is 9.19. The summed E-state index contributed by atoms with van der Waals surface area (Å²) in [5.41, 5.74) is 6.79. The molecule has 1 aromatic heterocycles. The SMILES string of the molecule is CCN(CC)c1ccc(/C=N/Nc2nc(C)cc(COC)c2C#N)c(OC)c1. The summed E-state index contributed by atoms with van der Waals surface area (Å²) in [5, 5.41) is 13.7. The van der Waals surface area contributed by atoms with Crippen molar-refractivity contribution in [1.82, 2.24) is 4.98 Å². The Hall–Kier alpha value is -3.11. The number of aryl methyl sites for hydroxylation is 1. The molecule has 0 amide bonds. The lowest BCUT2D eigenvalue weighted by Gasteiger charge is -2.22. The van der Waals surface area contributed by atoms with Gasteiger partial charge in [0, 0.05) is 48.8 Å². The highest BCUT2D eigenvalue weighted by atomic mass is 16.5. The second kappa shape index (κ2) is 10.3. The molecular weight excluding hydrogens is 354 g/mol. The fourth-order valence-corrected chi connectivity index (χ4v) is 2.97. The number of hydrogen-bond donors (Lipinski definition) is 1. The van der Waals surface area contributed by atoms with Gasteiger partial charge in [0.2, 0.25) is 0 Å². The number of anilines is 2. The van der Waals surface area contributed by atoms with Crippen molar-refractivity contribution < 1.29 is 9.47 Å². The van der Waals surface area contributed by atoms with Crippen molar-refractivity contribution in [2.24, 2.45) is 5.10 Å². The second-order valence-electron chi connectivity index (χ2n) is 6.16. The molecule has 2 aromatic rings. The number of rotatable bonds is 9. The molecule has 0 saturated heterocycles. The standard InChI is InChI=1S/C21H27N5O2/c1-6-26(7-2)18-9-8-16(20(11-18)28-5)13-23-25-21-19(12-22)17(14-27-4)10-15(3)24-21/h8-11,13H,6-7,14H2,1-5H3,(H,24,25)/b23-13+. The molecule has 0 bridgehead atoms. The van der Waals surface area contributed by atoms with Gasteiger partial charge in [-0.05, 0) is 39.0 Å². The molecule has 0 aliphatic rings. The van der Waals surface area contributed by atoms with E-state index >= 15 is 0 Å². The van der Waals surface area contributed by atoms with Gasteiger partial charge in [0.1, 0.15) is 17.4 Å². The Morgan fingerprint density at radius 2 is 2.00 bits per heavy atom. The summed E-state index contributed by atoms with van der Waals surface area (Å²) in [6, 6.07) is 10.0. The second-order valence-corrected chi connectivity index (χ2v) is 6.16. The van der Waals surface area contributed by atoms with Gasteiger partial charge >= 0.3 is 0 Å². The quantitative estimate of drug-likeness (QED) is 0.527. The first-order chi connectivity index (χ1) is 13.6. The monoisotopic (exact) mass is 381 g/mol. The zero-order chi connectivity index (χ0) is 20.5. The maximum absolute atomic E-state index is 9.48. The molecule has 0 unspecified atom stereocenters. The normalized spacial score (nSPS) is 10.7. The molecule has 2 rings (SSSR count). The van der Waals surface area contributed by atoms with E-state index < -0.39 is 0 Å².